The summed E-state index contributed by atoms with van der Waals surface area (Å²) in [5.41, 5.74) is -1.23. The third kappa shape index (κ3) is 6.36. The summed E-state index contributed by atoms with van der Waals surface area (Å²) >= 11 is 12.6. The largest absolute Gasteiger partial charge is 0.418 e. The Labute approximate surface area is 210 Å². The van der Waals surface area contributed by atoms with Crippen molar-refractivity contribution in [3.8, 4) is 12.3 Å². The number of nitrogens with zero attached hydrogens (tertiary/aromatic N) is 4. The monoisotopic (exact) mass is 543 g/mol. The van der Waals surface area contributed by atoms with Crippen molar-refractivity contribution in [2.24, 2.45) is 0 Å². The van der Waals surface area contributed by atoms with Gasteiger partial charge in [-0.1, -0.05) is 29.1 Å². The van der Waals surface area contributed by atoms with Gasteiger partial charge in [0.25, 0.3) is 11.8 Å². The molecule has 3 heterocycles. The molecular weight excluding hydrogens is 530 g/mol. The number of amides is 2. The van der Waals surface area contributed by atoms with Crippen molar-refractivity contribution in [2.45, 2.75) is 19.1 Å². The highest BCUT2D eigenvalue weighted by Gasteiger charge is 2.34. The highest BCUT2D eigenvalue weighted by Crippen LogP contribution is 2.35. The number of carbonyl (C=O) groups excluding carboxylic acids is 2. The average Bonchev–Trinajstić information content (AvgIpc) is 3.29. The third-order valence-corrected chi connectivity index (χ3v) is 6.07. The first-order chi connectivity index (χ1) is 16.5. The first-order valence-electron chi connectivity index (χ1n) is 9.49. The van der Waals surface area contributed by atoms with Gasteiger partial charge in [-0.25, -0.2) is 19.9 Å². The standard InChI is InChI=1S/C20H14Cl2F3N7O2S/c1-3-4-26-16-14(22)15(29-8-30-16)18(34)31-9(2)19-28-7-12(35-19)17(33)32-13-5-10(20(23,24)25)11(21)6-27-13/h1,5-9H,4H2,2H3,(H,31,34)(H,26,29,30)(H,27,32,33). The van der Waals surface area contributed by atoms with E-state index in [0.717, 1.165) is 23.9 Å². The van der Waals surface area contributed by atoms with Crippen molar-refractivity contribution >= 4 is 58.0 Å². The number of halogens is 5. The second kappa shape index (κ2) is 10.9. The number of pyridine rings is 1. The second-order valence-electron chi connectivity index (χ2n) is 6.70. The molecule has 35 heavy (non-hydrogen) atoms. The van der Waals surface area contributed by atoms with Crippen LogP contribution in [0, 0.1) is 12.3 Å². The van der Waals surface area contributed by atoms with Gasteiger partial charge in [0.1, 0.15) is 32.9 Å². The number of anilines is 2. The van der Waals surface area contributed by atoms with Crippen molar-refractivity contribution in [1.29, 1.82) is 0 Å². The van der Waals surface area contributed by atoms with Crippen LogP contribution >= 0.6 is 34.5 Å². The van der Waals surface area contributed by atoms with Crippen LogP contribution in [0.3, 0.4) is 0 Å². The lowest BCUT2D eigenvalue weighted by molar-refractivity contribution is -0.137. The van der Waals surface area contributed by atoms with E-state index in [1.807, 2.05) is 0 Å². The minimum absolute atomic E-state index is 0.0275. The third-order valence-electron chi connectivity index (χ3n) is 4.23. The van der Waals surface area contributed by atoms with Gasteiger partial charge in [-0.15, -0.1) is 17.8 Å². The number of alkyl halides is 3. The quantitative estimate of drug-likeness (QED) is 0.376. The van der Waals surface area contributed by atoms with Gasteiger partial charge in [-0.05, 0) is 13.0 Å². The van der Waals surface area contributed by atoms with E-state index in [1.165, 1.54) is 6.20 Å². The van der Waals surface area contributed by atoms with Crippen LogP contribution in [0.4, 0.5) is 24.8 Å². The fourth-order valence-electron chi connectivity index (χ4n) is 2.61. The topological polar surface area (TPSA) is 122 Å². The zero-order valence-electron chi connectivity index (χ0n) is 17.6. The number of terminal acetylenes is 1. The molecule has 3 N–H and O–H groups in total. The molecule has 0 spiro atoms. The molecule has 0 aliphatic rings. The van der Waals surface area contributed by atoms with Crippen LogP contribution in [0.15, 0.2) is 24.8 Å². The van der Waals surface area contributed by atoms with Gasteiger partial charge in [0.2, 0.25) is 0 Å². The first kappa shape index (κ1) is 26.1. The number of hydrogen-bond acceptors (Lipinski definition) is 8. The molecule has 0 saturated heterocycles. The average molecular weight is 544 g/mol. The molecular formula is C20H14Cl2F3N7O2S. The molecule has 2 amide bonds. The van der Waals surface area contributed by atoms with Crippen molar-refractivity contribution < 1.29 is 22.8 Å². The van der Waals surface area contributed by atoms with Crippen LogP contribution in [0.1, 0.15) is 43.7 Å². The summed E-state index contributed by atoms with van der Waals surface area (Å²) in [6.07, 6.45) is 3.63. The van der Waals surface area contributed by atoms with E-state index in [2.05, 4.69) is 41.8 Å². The molecule has 0 bridgehead atoms. The van der Waals surface area contributed by atoms with Gasteiger partial charge >= 0.3 is 6.18 Å². The number of aromatic nitrogens is 4. The molecule has 9 nitrogen and oxygen atoms in total. The number of carbonyl (C=O) groups is 2. The van der Waals surface area contributed by atoms with Crippen molar-refractivity contribution in [3.63, 3.8) is 0 Å². The SMILES string of the molecule is C#CCNc1ncnc(C(=O)NC(C)c2ncc(C(=O)Nc3cc(C(F)(F)F)c(Cl)cn3)s2)c1Cl. The minimum atomic E-state index is -4.71. The molecule has 0 aliphatic carbocycles. The lowest BCUT2D eigenvalue weighted by atomic mass is 10.2. The zero-order chi connectivity index (χ0) is 25.8. The van der Waals surface area contributed by atoms with E-state index in [9.17, 15) is 22.8 Å². The maximum Gasteiger partial charge on any atom is 0.418 e. The number of hydrogen-bond donors (Lipinski definition) is 3. The molecule has 3 rings (SSSR count). The fraction of sp³-hybridized carbons (Fsp3) is 0.200. The maximum absolute atomic E-state index is 13.0. The number of nitrogens with one attached hydrogen (secondary N) is 3. The Morgan fingerprint density at radius 1 is 1.17 bits per heavy atom. The Bertz CT molecular complexity index is 1310. The Kier molecular flexibility index (Phi) is 8.11. The second-order valence-corrected chi connectivity index (χ2v) is 8.55. The predicted molar refractivity (Wildman–Crippen MR) is 125 cm³/mol. The van der Waals surface area contributed by atoms with Crippen LogP contribution in [-0.4, -0.2) is 38.3 Å². The van der Waals surface area contributed by atoms with Crippen LogP contribution in [-0.2, 0) is 6.18 Å². The Morgan fingerprint density at radius 2 is 1.91 bits per heavy atom. The van der Waals surface area contributed by atoms with Crippen molar-refractivity contribution in [1.82, 2.24) is 25.3 Å². The van der Waals surface area contributed by atoms with E-state index in [1.54, 1.807) is 6.92 Å². The lowest BCUT2D eigenvalue weighted by Crippen LogP contribution is -2.28. The van der Waals surface area contributed by atoms with Crippen molar-refractivity contribution in [2.75, 3.05) is 17.2 Å². The van der Waals surface area contributed by atoms with Crippen LogP contribution in [0.25, 0.3) is 0 Å². The lowest BCUT2D eigenvalue weighted by Gasteiger charge is -2.12. The van der Waals surface area contributed by atoms with Gasteiger partial charge in [-0.2, -0.15) is 13.2 Å². The van der Waals surface area contributed by atoms with Crippen LogP contribution in [0.5, 0.6) is 0 Å². The molecule has 15 heteroatoms. The minimum Gasteiger partial charge on any atom is -0.358 e. The van der Waals surface area contributed by atoms with Gasteiger partial charge < -0.3 is 16.0 Å². The van der Waals surface area contributed by atoms with E-state index in [4.69, 9.17) is 29.6 Å². The molecule has 1 unspecified atom stereocenters. The molecule has 3 aromatic rings. The Morgan fingerprint density at radius 3 is 2.60 bits per heavy atom. The first-order valence-corrected chi connectivity index (χ1v) is 11.1. The van der Waals surface area contributed by atoms with Gasteiger partial charge in [-0.3, -0.25) is 9.59 Å². The highest BCUT2D eigenvalue weighted by atomic mass is 35.5. The molecule has 1 atom stereocenters. The van der Waals surface area contributed by atoms with Crippen LogP contribution in [0.2, 0.25) is 10.0 Å². The van der Waals surface area contributed by atoms with E-state index < -0.39 is 34.6 Å². The number of rotatable bonds is 7. The summed E-state index contributed by atoms with van der Waals surface area (Å²) < 4.78 is 39.0. The summed E-state index contributed by atoms with van der Waals surface area (Å²) in [5, 5.41) is 7.41. The van der Waals surface area contributed by atoms with Crippen molar-refractivity contribution in [3.05, 3.63) is 56.0 Å². The predicted octanol–water partition coefficient (Wildman–Crippen LogP) is 4.44. The summed E-state index contributed by atoms with van der Waals surface area (Å²) in [6, 6.07) is -0.0314. The van der Waals surface area contributed by atoms with Gasteiger partial charge in [0.15, 0.2) is 5.69 Å². The molecule has 0 aromatic carbocycles. The summed E-state index contributed by atoms with van der Waals surface area (Å²) in [6.45, 7) is 1.75. The van der Waals surface area contributed by atoms with Gasteiger partial charge in [0.05, 0.1) is 29.4 Å². The molecule has 0 fully saturated rings. The van der Waals surface area contributed by atoms with Crippen LogP contribution < -0.4 is 16.0 Å². The molecule has 3 aromatic heterocycles. The normalized spacial score (nSPS) is 11.9. The summed E-state index contributed by atoms with van der Waals surface area (Å²) in [4.78, 5) is 40.8. The summed E-state index contributed by atoms with van der Waals surface area (Å²) in [5.74, 6) is 0.844. The van der Waals surface area contributed by atoms with E-state index in [0.29, 0.717) is 11.1 Å². The smallest absolute Gasteiger partial charge is 0.358 e. The molecule has 0 aliphatic heterocycles. The number of thiazole rings is 1. The maximum atomic E-state index is 13.0. The summed E-state index contributed by atoms with van der Waals surface area (Å²) in [7, 11) is 0. The highest BCUT2D eigenvalue weighted by molar-refractivity contribution is 7.13. The zero-order valence-corrected chi connectivity index (χ0v) is 19.9. The molecule has 0 saturated carbocycles. The molecule has 182 valence electrons. The Hall–Kier alpha value is -3.47. The van der Waals surface area contributed by atoms with E-state index >= 15 is 0 Å². The van der Waals surface area contributed by atoms with Gasteiger partial charge in [0, 0.05) is 6.20 Å². The fourth-order valence-corrected chi connectivity index (χ4v) is 3.88. The Balaban J connectivity index is 1.69. The van der Waals surface area contributed by atoms with E-state index in [-0.39, 0.29) is 33.8 Å². The molecule has 0 radical (unpaired) electrons.